The Morgan fingerprint density at radius 2 is 2.05 bits per heavy atom. The molecule has 0 bridgehead atoms. The first-order valence-electron chi connectivity index (χ1n) is 6.42. The number of aryl methyl sites for hydroxylation is 1. The Hall–Kier alpha value is -1.39. The van der Waals surface area contributed by atoms with Crippen molar-refractivity contribution in [2.24, 2.45) is 4.99 Å². The van der Waals surface area contributed by atoms with Crippen LogP contribution in [-0.2, 0) is 0 Å². The number of thiophene rings is 1. The van der Waals surface area contributed by atoms with Gasteiger partial charge in [-0.15, -0.1) is 11.3 Å². The van der Waals surface area contributed by atoms with Gasteiger partial charge in [0, 0.05) is 4.88 Å². The monoisotopic (exact) mass is 289 g/mol. The van der Waals surface area contributed by atoms with E-state index in [1.54, 1.807) is 11.3 Å². The molecule has 0 saturated heterocycles. The van der Waals surface area contributed by atoms with Gasteiger partial charge < -0.3 is 4.43 Å². The fourth-order valence-corrected chi connectivity index (χ4v) is 3.17. The van der Waals surface area contributed by atoms with Crippen LogP contribution in [0, 0.1) is 6.92 Å². The average Bonchev–Trinajstić information content (AvgIpc) is 2.86. The van der Waals surface area contributed by atoms with Crippen LogP contribution in [-0.4, -0.2) is 14.8 Å². The normalized spacial score (nSPS) is 11.9. The van der Waals surface area contributed by atoms with Crippen molar-refractivity contribution in [1.82, 2.24) is 0 Å². The van der Waals surface area contributed by atoms with Crippen molar-refractivity contribution in [3.05, 3.63) is 46.2 Å². The van der Waals surface area contributed by atoms with Crippen LogP contribution in [0.3, 0.4) is 0 Å². The zero-order valence-corrected chi connectivity index (χ0v) is 13.8. The number of aliphatic imine (C=N–C) groups is 1. The first kappa shape index (κ1) is 14.0. The van der Waals surface area contributed by atoms with Crippen molar-refractivity contribution >= 4 is 31.8 Å². The predicted octanol–water partition coefficient (Wildman–Crippen LogP) is 4.56. The molecule has 0 aliphatic heterocycles. The van der Waals surface area contributed by atoms with Crippen molar-refractivity contribution < 1.29 is 4.43 Å². The molecule has 0 spiro atoms. The van der Waals surface area contributed by atoms with Crippen LogP contribution in [0.25, 0.3) is 0 Å². The van der Waals surface area contributed by atoms with E-state index in [0.717, 1.165) is 17.1 Å². The third-order valence-electron chi connectivity index (χ3n) is 2.64. The van der Waals surface area contributed by atoms with Crippen LogP contribution in [0.15, 0.2) is 40.7 Å². The van der Waals surface area contributed by atoms with Gasteiger partial charge in [-0.3, -0.25) is 0 Å². The lowest BCUT2D eigenvalue weighted by atomic mass is 10.2. The minimum Gasteiger partial charge on any atom is -0.546 e. The molecule has 1 aromatic carbocycles. The molecule has 2 rings (SSSR count). The molecule has 0 N–H and O–H groups in total. The highest BCUT2D eigenvalue weighted by molar-refractivity contribution is 7.12. The summed E-state index contributed by atoms with van der Waals surface area (Å²) in [5.74, 6) is 0.906. The van der Waals surface area contributed by atoms with E-state index in [4.69, 9.17) is 9.42 Å². The predicted molar refractivity (Wildman–Crippen MR) is 86.9 cm³/mol. The molecule has 0 aliphatic rings. The van der Waals surface area contributed by atoms with E-state index >= 15 is 0 Å². The van der Waals surface area contributed by atoms with Crippen molar-refractivity contribution in [2.45, 2.75) is 26.9 Å². The maximum Gasteiger partial charge on any atom is 0.229 e. The summed E-state index contributed by atoms with van der Waals surface area (Å²) in [6, 6.07) is 10.3. The molecule has 0 amide bonds. The number of hydrogen-bond acceptors (Lipinski definition) is 3. The molecule has 0 saturated carbocycles. The third kappa shape index (κ3) is 3.78. The molecule has 2 aromatic rings. The van der Waals surface area contributed by atoms with Gasteiger partial charge in [0.05, 0.1) is 5.71 Å². The second-order valence-corrected chi connectivity index (χ2v) is 8.09. The quantitative estimate of drug-likeness (QED) is 0.597. The van der Waals surface area contributed by atoms with Gasteiger partial charge in [-0.2, -0.15) is 0 Å². The Labute approximate surface area is 120 Å². The summed E-state index contributed by atoms with van der Waals surface area (Å²) < 4.78 is 5.95. The van der Waals surface area contributed by atoms with Crippen LogP contribution >= 0.6 is 11.3 Å². The maximum absolute atomic E-state index is 5.95. The molecular formula is C15H19NOSSi. The zero-order chi connectivity index (χ0) is 13.8. The smallest absolute Gasteiger partial charge is 0.229 e. The first-order chi connectivity index (χ1) is 9.06. The van der Waals surface area contributed by atoms with Crippen LogP contribution in [0.5, 0.6) is 5.75 Å². The van der Waals surface area contributed by atoms with Crippen molar-refractivity contribution in [3.8, 4) is 5.75 Å². The van der Waals surface area contributed by atoms with Gasteiger partial charge in [-0.05, 0) is 56.1 Å². The lowest BCUT2D eigenvalue weighted by Crippen LogP contribution is -2.11. The van der Waals surface area contributed by atoms with E-state index in [-0.39, 0.29) is 0 Å². The van der Waals surface area contributed by atoms with E-state index in [1.165, 1.54) is 10.4 Å². The lowest BCUT2D eigenvalue weighted by molar-refractivity contribution is 0.582. The van der Waals surface area contributed by atoms with Gasteiger partial charge in [0.2, 0.25) is 9.04 Å². The molecule has 0 fully saturated rings. The van der Waals surface area contributed by atoms with E-state index in [1.807, 2.05) is 19.1 Å². The average molecular weight is 289 g/mol. The number of benzene rings is 1. The maximum atomic E-state index is 5.95. The molecule has 100 valence electrons. The standard InChI is InChI=1S/C15H19NOSSi/c1-11-7-8-14(17-19(3)4)13(10-11)16-12(2)15-6-5-9-18-15/h5-10,19H,1-4H3. The van der Waals surface area contributed by atoms with Crippen molar-refractivity contribution in [3.63, 3.8) is 0 Å². The largest absolute Gasteiger partial charge is 0.546 e. The summed E-state index contributed by atoms with van der Waals surface area (Å²) in [7, 11) is -1.11. The Morgan fingerprint density at radius 1 is 1.26 bits per heavy atom. The topological polar surface area (TPSA) is 21.6 Å². The Balaban J connectivity index is 2.37. The highest BCUT2D eigenvalue weighted by Gasteiger charge is 2.07. The van der Waals surface area contributed by atoms with E-state index < -0.39 is 9.04 Å². The van der Waals surface area contributed by atoms with Crippen LogP contribution < -0.4 is 4.43 Å². The summed E-state index contributed by atoms with van der Waals surface area (Å²) in [4.78, 5) is 5.94. The molecule has 4 heteroatoms. The number of nitrogens with zero attached hydrogens (tertiary/aromatic N) is 1. The van der Waals surface area contributed by atoms with Gasteiger partial charge in [-0.1, -0.05) is 12.1 Å². The summed E-state index contributed by atoms with van der Waals surface area (Å²) in [5.41, 5.74) is 3.18. The van der Waals surface area contributed by atoms with E-state index in [2.05, 4.69) is 43.6 Å². The molecule has 19 heavy (non-hydrogen) atoms. The Morgan fingerprint density at radius 3 is 2.68 bits per heavy atom. The SMILES string of the molecule is CC(=Nc1cc(C)ccc1O[SiH](C)C)c1cccs1. The first-order valence-corrected chi connectivity index (χ1v) is 10.1. The van der Waals surface area contributed by atoms with Gasteiger partial charge >= 0.3 is 0 Å². The fourth-order valence-electron chi connectivity index (χ4n) is 1.79. The highest BCUT2D eigenvalue weighted by Crippen LogP contribution is 2.30. The third-order valence-corrected chi connectivity index (χ3v) is 4.35. The lowest BCUT2D eigenvalue weighted by Gasteiger charge is -2.12. The molecule has 0 unspecified atom stereocenters. The number of hydrogen-bond donors (Lipinski definition) is 0. The van der Waals surface area contributed by atoms with Crippen molar-refractivity contribution in [1.29, 1.82) is 0 Å². The summed E-state index contributed by atoms with van der Waals surface area (Å²) >= 11 is 1.71. The summed E-state index contributed by atoms with van der Waals surface area (Å²) in [6.45, 7) is 8.46. The fraction of sp³-hybridized carbons (Fsp3) is 0.267. The summed E-state index contributed by atoms with van der Waals surface area (Å²) in [6.07, 6.45) is 0. The molecule has 0 radical (unpaired) electrons. The summed E-state index contributed by atoms with van der Waals surface area (Å²) in [5, 5.41) is 2.07. The van der Waals surface area contributed by atoms with Gasteiger partial charge in [0.25, 0.3) is 0 Å². The number of rotatable bonds is 4. The minimum atomic E-state index is -1.11. The van der Waals surface area contributed by atoms with Crippen LogP contribution in [0.4, 0.5) is 5.69 Å². The Bertz CT molecular complexity index is 576. The molecule has 1 heterocycles. The van der Waals surface area contributed by atoms with E-state index in [9.17, 15) is 0 Å². The zero-order valence-electron chi connectivity index (χ0n) is 11.8. The molecule has 0 atom stereocenters. The highest BCUT2D eigenvalue weighted by atomic mass is 32.1. The molecule has 2 nitrogen and oxygen atoms in total. The van der Waals surface area contributed by atoms with Gasteiger partial charge in [0.1, 0.15) is 11.4 Å². The van der Waals surface area contributed by atoms with Crippen molar-refractivity contribution in [2.75, 3.05) is 0 Å². The molecule has 0 aliphatic carbocycles. The minimum absolute atomic E-state index is 0.906. The van der Waals surface area contributed by atoms with Crippen LogP contribution in [0.1, 0.15) is 17.4 Å². The van der Waals surface area contributed by atoms with Crippen LogP contribution in [0.2, 0.25) is 13.1 Å². The van der Waals surface area contributed by atoms with Gasteiger partial charge in [0.15, 0.2) is 0 Å². The van der Waals surface area contributed by atoms with Gasteiger partial charge in [-0.25, -0.2) is 4.99 Å². The molecular weight excluding hydrogens is 270 g/mol. The van der Waals surface area contributed by atoms with E-state index in [0.29, 0.717) is 0 Å². The molecule has 1 aromatic heterocycles. The second kappa shape index (κ2) is 6.17. The Kier molecular flexibility index (Phi) is 4.55. The second-order valence-electron chi connectivity index (χ2n) is 4.81.